The molecule has 4 aromatic rings. The molecule has 41 heavy (non-hydrogen) atoms. The highest BCUT2D eigenvalue weighted by Gasteiger charge is 2.34. The van der Waals surface area contributed by atoms with Gasteiger partial charge in [-0.3, -0.25) is 9.59 Å². The molecule has 0 bridgehead atoms. The van der Waals surface area contributed by atoms with Crippen molar-refractivity contribution < 1.29 is 23.8 Å². The van der Waals surface area contributed by atoms with E-state index in [1.807, 2.05) is 75.4 Å². The van der Waals surface area contributed by atoms with E-state index in [-0.39, 0.29) is 24.9 Å². The average molecular weight is 560 g/mol. The summed E-state index contributed by atoms with van der Waals surface area (Å²) >= 11 is 0. The molecular formula is C31H37N5O5. The van der Waals surface area contributed by atoms with Gasteiger partial charge in [0.15, 0.2) is 11.5 Å². The zero-order chi connectivity index (χ0) is 29.6. The molecule has 0 radical (unpaired) electrons. The van der Waals surface area contributed by atoms with Gasteiger partial charge in [-0.1, -0.05) is 35.5 Å². The standard InChI is InChI=1S/C31H37N5O5/c1-31(2,3)32-30(38)29(22-10-9-11-23(19-22)39-4)35(17-16-21-14-15-26(40-5)27(18-21)41-6)28(37)20-36-25-13-8-7-12-24(25)33-34-36/h7-15,18-19,29H,16-17,20H2,1-6H3,(H,32,38). The minimum Gasteiger partial charge on any atom is -0.497 e. The van der Waals surface area contributed by atoms with Gasteiger partial charge in [0.2, 0.25) is 11.8 Å². The second-order valence-corrected chi connectivity index (χ2v) is 10.7. The van der Waals surface area contributed by atoms with Crippen molar-refractivity contribution in [3.8, 4) is 17.2 Å². The summed E-state index contributed by atoms with van der Waals surface area (Å²) in [5.41, 5.74) is 2.46. The molecule has 1 unspecified atom stereocenters. The smallest absolute Gasteiger partial charge is 0.247 e. The number of carbonyl (C=O) groups excluding carboxylic acids is 2. The monoisotopic (exact) mass is 559 g/mol. The summed E-state index contributed by atoms with van der Waals surface area (Å²) in [5.74, 6) is 1.21. The van der Waals surface area contributed by atoms with Crippen molar-refractivity contribution >= 4 is 22.8 Å². The Hall–Kier alpha value is -4.60. The lowest BCUT2D eigenvalue weighted by molar-refractivity contribution is -0.142. The first-order valence-corrected chi connectivity index (χ1v) is 13.4. The number of nitrogens with zero attached hydrogens (tertiary/aromatic N) is 4. The van der Waals surface area contributed by atoms with Crippen LogP contribution in [0.4, 0.5) is 0 Å². The van der Waals surface area contributed by atoms with Crippen LogP contribution in [0.1, 0.15) is 37.9 Å². The number of hydrogen-bond donors (Lipinski definition) is 1. The number of para-hydroxylation sites is 1. The maximum Gasteiger partial charge on any atom is 0.247 e. The van der Waals surface area contributed by atoms with E-state index >= 15 is 0 Å². The fourth-order valence-corrected chi connectivity index (χ4v) is 4.66. The third kappa shape index (κ3) is 7.13. The quantitative estimate of drug-likeness (QED) is 0.294. The van der Waals surface area contributed by atoms with Crippen molar-refractivity contribution in [2.24, 2.45) is 0 Å². The summed E-state index contributed by atoms with van der Waals surface area (Å²) in [5, 5.41) is 11.5. The number of fused-ring (bicyclic) bond motifs is 1. The minimum atomic E-state index is -0.924. The second-order valence-electron chi connectivity index (χ2n) is 10.7. The summed E-state index contributed by atoms with van der Waals surface area (Å²) in [6.07, 6.45) is 0.466. The molecule has 10 heteroatoms. The zero-order valence-electron chi connectivity index (χ0n) is 24.4. The number of amides is 2. The minimum absolute atomic E-state index is 0.0876. The Morgan fingerprint density at radius 3 is 2.39 bits per heavy atom. The molecule has 0 aliphatic rings. The summed E-state index contributed by atoms with van der Waals surface area (Å²) in [6.45, 7) is 5.89. The number of ether oxygens (including phenoxy) is 3. The van der Waals surface area contributed by atoms with Gasteiger partial charge >= 0.3 is 0 Å². The number of aromatic nitrogens is 3. The number of benzene rings is 3. The molecule has 1 heterocycles. The Balaban J connectivity index is 1.74. The molecule has 0 saturated carbocycles. The number of hydrogen-bond acceptors (Lipinski definition) is 7. The molecule has 2 amide bonds. The summed E-state index contributed by atoms with van der Waals surface area (Å²) in [6, 6.07) is 19.4. The third-order valence-corrected chi connectivity index (χ3v) is 6.58. The van der Waals surface area contributed by atoms with E-state index in [4.69, 9.17) is 14.2 Å². The van der Waals surface area contributed by atoms with E-state index in [1.54, 1.807) is 43.0 Å². The molecule has 0 fully saturated rings. The van der Waals surface area contributed by atoms with Gasteiger partial charge in [-0.05, 0) is 74.7 Å². The van der Waals surface area contributed by atoms with E-state index in [0.717, 1.165) is 11.1 Å². The van der Waals surface area contributed by atoms with Crippen LogP contribution in [0.2, 0.25) is 0 Å². The van der Waals surface area contributed by atoms with Gasteiger partial charge in [-0.25, -0.2) is 4.68 Å². The fraction of sp³-hybridized carbons (Fsp3) is 0.355. The van der Waals surface area contributed by atoms with Crippen LogP contribution < -0.4 is 19.5 Å². The Labute approximate surface area is 240 Å². The predicted octanol–water partition coefficient (Wildman–Crippen LogP) is 4.18. The molecule has 10 nitrogen and oxygen atoms in total. The van der Waals surface area contributed by atoms with Gasteiger partial charge in [0.25, 0.3) is 0 Å². The van der Waals surface area contributed by atoms with E-state index < -0.39 is 11.6 Å². The van der Waals surface area contributed by atoms with Crippen molar-refractivity contribution in [2.45, 2.75) is 45.3 Å². The number of carbonyl (C=O) groups is 2. The molecule has 1 N–H and O–H groups in total. The molecule has 216 valence electrons. The zero-order valence-corrected chi connectivity index (χ0v) is 24.4. The lowest BCUT2D eigenvalue weighted by Gasteiger charge is -2.34. The Bertz CT molecular complexity index is 1510. The first-order chi connectivity index (χ1) is 19.6. The molecule has 1 atom stereocenters. The number of methoxy groups -OCH3 is 3. The highest BCUT2D eigenvalue weighted by atomic mass is 16.5. The van der Waals surface area contributed by atoms with E-state index in [0.29, 0.717) is 34.7 Å². The average Bonchev–Trinajstić information content (AvgIpc) is 3.36. The first kappa shape index (κ1) is 29.4. The van der Waals surface area contributed by atoms with E-state index in [9.17, 15) is 9.59 Å². The molecule has 0 aliphatic heterocycles. The van der Waals surface area contributed by atoms with Crippen molar-refractivity contribution in [1.82, 2.24) is 25.2 Å². The maximum atomic E-state index is 14.1. The van der Waals surface area contributed by atoms with Crippen LogP contribution in [-0.4, -0.2) is 65.1 Å². The van der Waals surface area contributed by atoms with Crippen LogP contribution in [0, 0.1) is 0 Å². The van der Waals surface area contributed by atoms with Crippen molar-refractivity contribution in [2.75, 3.05) is 27.9 Å². The Morgan fingerprint density at radius 2 is 1.68 bits per heavy atom. The van der Waals surface area contributed by atoms with Gasteiger partial charge in [0, 0.05) is 12.1 Å². The lowest BCUT2D eigenvalue weighted by Crippen LogP contribution is -2.50. The van der Waals surface area contributed by atoms with E-state index in [2.05, 4.69) is 15.6 Å². The van der Waals surface area contributed by atoms with Crippen molar-refractivity contribution in [1.29, 1.82) is 0 Å². The topological polar surface area (TPSA) is 108 Å². The van der Waals surface area contributed by atoms with Crippen LogP contribution in [0.15, 0.2) is 66.7 Å². The van der Waals surface area contributed by atoms with Crippen molar-refractivity contribution in [3.05, 3.63) is 77.9 Å². The van der Waals surface area contributed by atoms with Gasteiger partial charge in [-0.2, -0.15) is 0 Å². The SMILES string of the molecule is COc1cccc(C(C(=O)NC(C)(C)C)N(CCc2ccc(OC)c(OC)c2)C(=O)Cn2nnc3ccccc32)c1. The summed E-state index contributed by atoms with van der Waals surface area (Å²) in [4.78, 5) is 29.6. The first-order valence-electron chi connectivity index (χ1n) is 13.4. The molecule has 1 aromatic heterocycles. The number of nitrogens with one attached hydrogen (secondary N) is 1. The highest BCUT2D eigenvalue weighted by Crippen LogP contribution is 2.30. The maximum absolute atomic E-state index is 14.1. The molecular weight excluding hydrogens is 522 g/mol. The Morgan fingerprint density at radius 1 is 0.927 bits per heavy atom. The molecule has 0 spiro atoms. The number of rotatable bonds is 11. The predicted molar refractivity (Wildman–Crippen MR) is 156 cm³/mol. The normalized spacial score (nSPS) is 12.0. The van der Waals surface area contributed by atoms with Gasteiger partial charge < -0.3 is 24.4 Å². The van der Waals surface area contributed by atoms with Crippen LogP contribution in [0.3, 0.4) is 0 Å². The lowest BCUT2D eigenvalue weighted by atomic mass is 10.00. The molecule has 0 saturated heterocycles. The Kier molecular flexibility index (Phi) is 9.11. The van der Waals surface area contributed by atoms with Crippen LogP contribution in [0.25, 0.3) is 11.0 Å². The highest BCUT2D eigenvalue weighted by molar-refractivity contribution is 5.89. The fourth-order valence-electron chi connectivity index (χ4n) is 4.66. The third-order valence-electron chi connectivity index (χ3n) is 6.58. The van der Waals surface area contributed by atoms with E-state index in [1.165, 1.54) is 0 Å². The van der Waals surface area contributed by atoms with Crippen molar-refractivity contribution in [3.63, 3.8) is 0 Å². The molecule has 0 aliphatic carbocycles. The largest absolute Gasteiger partial charge is 0.497 e. The van der Waals surface area contributed by atoms with Crippen LogP contribution in [-0.2, 0) is 22.6 Å². The van der Waals surface area contributed by atoms with Gasteiger partial charge in [-0.15, -0.1) is 5.10 Å². The van der Waals surface area contributed by atoms with Gasteiger partial charge in [0.05, 0.1) is 26.8 Å². The molecule has 3 aromatic carbocycles. The summed E-state index contributed by atoms with van der Waals surface area (Å²) in [7, 11) is 4.73. The van der Waals surface area contributed by atoms with Gasteiger partial charge in [0.1, 0.15) is 23.9 Å². The molecule has 4 rings (SSSR count). The van der Waals surface area contributed by atoms with Crippen LogP contribution >= 0.6 is 0 Å². The summed E-state index contributed by atoms with van der Waals surface area (Å²) < 4.78 is 17.9. The second kappa shape index (κ2) is 12.7. The van der Waals surface area contributed by atoms with Crippen LogP contribution in [0.5, 0.6) is 17.2 Å².